The minimum atomic E-state index is -0.231. The number of H-pyrrole nitrogens is 1. The van der Waals surface area contributed by atoms with Gasteiger partial charge in [0.2, 0.25) is 0 Å². The lowest BCUT2D eigenvalue weighted by atomic mass is 9.77. The number of ether oxygens (including phenoxy) is 1. The van der Waals surface area contributed by atoms with Crippen LogP contribution in [0.4, 0.5) is 0 Å². The number of carbonyl (C=O) groups is 1. The minimum absolute atomic E-state index is 0.0181. The minimum Gasteiger partial charge on any atom is -0.497 e. The molecule has 1 aromatic carbocycles. The largest absolute Gasteiger partial charge is 0.497 e. The first-order valence-corrected chi connectivity index (χ1v) is 10.3. The van der Waals surface area contributed by atoms with Crippen LogP contribution in [0.25, 0.3) is 0 Å². The summed E-state index contributed by atoms with van der Waals surface area (Å²) in [5.74, 6) is 1.49. The number of amides is 1. The van der Waals surface area contributed by atoms with Crippen molar-refractivity contribution < 1.29 is 9.53 Å². The van der Waals surface area contributed by atoms with Crippen LogP contribution in [0.3, 0.4) is 0 Å². The molecule has 1 spiro atoms. The fourth-order valence-corrected chi connectivity index (χ4v) is 4.62. The Balaban J connectivity index is 1.66. The second kappa shape index (κ2) is 7.01. The van der Waals surface area contributed by atoms with Crippen LogP contribution < -0.4 is 10.3 Å². The highest BCUT2D eigenvalue weighted by Gasteiger charge is 2.46. The van der Waals surface area contributed by atoms with E-state index in [1.807, 2.05) is 29.2 Å². The van der Waals surface area contributed by atoms with Crippen LogP contribution in [-0.2, 0) is 17.3 Å². The van der Waals surface area contributed by atoms with Gasteiger partial charge in [0.05, 0.1) is 12.8 Å². The van der Waals surface area contributed by atoms with Crippen LogP contribution in [0.5, 0.6) is 5.75 Å². The Hall–Kier alpha value is -2.63. The molecule has 1 atom stereocenters. The Morgan fingerprint density at radius 3 is 2.59 bits per heavy atom. The molecular weight excluding hydrogens is 366 g/mol. The third-order valence-corrected chi connectivity index (χ3v) is 6.28. The number of hydrogen-bond donors (Lipinski definition) is 1. The highest BCUT2D eigenvalue weighted by molar-refractivity contribution is 5.94. The predicted octanol–water partition coefficient (Wildman–Crippen LogP) is 3.20. The van der Waals surface area contributed by atoms with Crippen molar-refractivity contribution in [1.82, 2.24) is 14.9 Å². The van der Waals surface area contributed by atoms with Gasteiger partial charge in [0.25, 0.3) is 11.5 Å². The molecule has 1 aliphatic carbocycles. The molecule has 29 heavy (non-hydrogen) atoms. The summed E-state index contributed by atoms with van der Waals surface area (Å²) in [5.41, 5.74) is 1.91. The van der Waals surface area contributed by atoms with E-state index in [1.165, 1.54) is 0 Å². The first-order chi connectivity index (χ1) is 13.7. The third kappa shape index (κ3) is 3.45. The average molecular weight is 396 g/mol. The van der Waals surface area contributed by atoms with Crippen molar-refractivity contribution in [3.63, 3.8) is 0 Å². The molecule has 1 fully saturated rings. The number of methoxy groups -OCH3 is 1. The molecule has 0 saturated carbocycles. The van der Waals surface area contributed by atoms with Gasteiger partial charge in [0.1, 0.15) is 11.6 Å². The standard InChI is InChI=1S/C23H29N3O3/c1-22(2,3)21-24-18-17(19(27)25-21)10-12-23(18)11-5-13-26(14-23)20(28)15-6-8-16(29-4)9-7-15/h6-9H,5,10-14H2,1-4H3,(H,24,25,27). The maximum Gasteiger partial charge on any atom is 0.254 e. The van der Waals surface area contributed by atoms with Crippen LogP contribution in [0.2, 0.25) is 0 Å². The molecule has 1 aliphatic heterocycles. The normalized spacial score (nSPS) is 21.3. The number of aromatic nitrogens is 2. The number of hydrogen-bond acceptors (Lipinski definition) is 4. The van der Waals surface area contributed by atoms with E-state index in [-0.39, 0.29) is 22.3 Å². The predicted molar refractivity (Wildman–Crippen MR) is 112 cm³/mol. The zero-order valence-corrected chi connectivity index (χ0v) is 17.7. The number of fused-ring (bicyclic) bond motifs is 2. The number of piperidine rings is 1. The van der Waals surface area contributed by atoms with Gasteiger partial charge in [0.15, 0.2) is 0 Å². The topological polar surface area (TPSA) is 75.3 Å². The quantitative estimate of drug-likeness (QED) is 0.847. The Kier molecular flexibility index (Phi) is 4.75. The molecule has 6 nitrogen and oxygen atoms in total. The van der Waals surface area contributed by atoms with E-state index in [0.29, 0.717) is 12.1 Å². The van der Waals surface area contributed by atoms with Crippen molar-refractivity contribution in [2.75, 3.05) is 20.2 Å². The van der Waals surface area contributed by atoms with Crippen molar-refractivity contribution in [2.45, 2.75) is 57.3 Å². The van der Waals surface area contributed by atoms with Crippen LogP contribution in [0, 0.1) is 0 Å². The van der Waals surface area contributed by atoms with Gasteiger partial charge in [0, 0.05) is 35.0 Å². The van der Waals surface area contributed by atoms with Crippen LogP contribution >= 0.6 is 0 Å². The summed E-state index contributed by atoms with van der Waals surface area (Å²) in [6.45, 7) is 7.52. The molecule has 2 aliphatic rings. The molecule has 1 amide bonds. The van der Waals surface area contributed by atoms with Crippen LogP contribution in [0.15, 0.2) is 29.1 Å². The number of likely N-dealkylation sites (tertiary alicyclic amines) is 1. The summed E-state index contributed by atoms with van der Waals surface area (Å²) in [7, 11) is 1.61. The van der Waals surface area contributed by atoms with Gasteiger partial charge < -0.3 is 14.6 Å². The lowest BCUT2D eigenvalue weighted by Gasteiger charge is -2.40. The summed E-state index contributed by atoms with van der Waals surface area (Å²) in [6, 6.07) is 7.25. The molecule has 4 rings (SSSR count). The number of benzene rings is 1. The lowest BCUT2D eigenvalue weighted by Crippen LogP contribution is -2.48. The molecule has 1 saturated heterocycles. The molecule has 1 N–H and O–H groups in total. The van der Waals surface area contributed by atoms with E-state index in [1.54, 1.807) is 7.11 Å². The van der Waals surface area contributed by atoms with Gasteiger partial charge >= 0.3 is 0 Å². The molecule has 6 heteroatoms. The SMILES string of the molecule is COc1ccc(C(=O)N2CCCC3(CCc4c3nc(C(C)(C)C)[nH]c4=O)C2)cc1. The van der Waals surface area contributed by atoms with Crippen molar-refractivity contribution in [3.05, 3.63) is 57.3 Å². The Labute approximate surface area is 171 Å². The summed E-state index contributed by atoms with van der Waals surface area (Å²) >= 11 is 0. The van der Waals surface area contributed by atoms with Crippen molar-refractivity contribution >= 4 is 5.91 Å². The highest BCUT2D eigenvalue weighted by Crippen LogP contribution is 2.43. The first-order valence-electron chi connectivity index (χ1n) is 10.3. The number of nitrogens with one attached hydrogen (secondary N) is 1. The molecule has 0 radical (unpaired) electrons. The summed E-state index contributed by atoms with van der Waals surface area (Å²) in [4.78, 5) is 35.7. The van der Waals surface area contributed by atoms with Crippen LogP contribution in [0.1, 0.15) is 67.5 Å². The van der Waals surface area contributed by atoms with Gasteiger partial charge in [-0.05, 0) is 49.9 Å². The first kappa shape index (κ1) is 19.7. The lowest BCUT2D eigenvalue weighted by molar-refractivity contribution is 0.0633. The van der Waals surface area contributed by atoms with Crippen LogP contribution in [-0.4, -0.2) is 41.0 Å². The number of nitrogens with zero attached hydrogens (tertiary/aromatic N) is 2. The fourth-order valence-electron chi connectivity index (χ4n) is 4.62. The molecular formula is C23H29N3O3. The van der Waals surface area contributed by atoms with Gasteiger partial charge in [-0.15, -0.1) is 0 Å². The second-order valence-electron chi connectivity index (χ2n) is 9.33. The number of aromatic amines is 1. The highest BCUT2D eigenvalue weighted by atomic mass is 16.5. The van der Waals surface area contributed by atoms with E-state index in [9.17, 15) is 9.59 Å². The molecule has 2 heterocycles. The maximum atomic E-state index is 13.1. The maximum absolute atomic E-state index is 13.1. The zero-order chi connectivity index (χ0) is 20.8. The van der Waals surface area contributed by atoms with E-state index in [4.69, 9.17) is 9.72 Å². The summed E-state index contributed by atoms with van der Waals surface area (Å²) < 4.78 is 5.19. The van der Waals surface area contributed by atoms with Gasteiger partial charge in [-0.25, -0.2) is 4.98 Å². The van der Waals surface area contributed by atoms with E-state index in [2.05, 4.69) is 25.8 Å². The van der Waals surface area contributed by atoms with E-state index < -0.39 is 0 Å². The summed E-state index contributed by atoms with van der Waals surface area (Å²) in [6.07, 6.45) is 3.48. The number of carbonyl (C=O) groups excluding carboxylic acids is 1. The molecule has 2 aromatic rings. The molecule has 1 aromatic heterocycles. The smallest absolute Gasteiger partial charge is 0.254 e. The van der Waals surface area contributed by atoms with Crippen molar-refractivity contribution in [1.29, 1.82) is 0 Å². The number of rotatable bonds is 2. The molecule has 154 valence electrons. The van der Waals surface area contributed by atoms with E-state index in [0.717, 1.165) is 55.1 Å². The van der Waals surface area contributed by atoms with Gasteiger partial charge in [-0.3, -0.25) is 9.59 Å². The second-order valence-corrected chi connectivity index (χ2v) is 9.33. The third-order valence-electron chi connectivity index (χ3n) is 6.28. The van der Waals surface area contributed by atoms with Gasteiger partial charge in [-0.1, -0.05) is 20.8 Å². The Morgan fingerprint density at radius 2 is 1.93 bits per heavy atom. The van der Waals surface area contributed by atoms with Gasteiger partial charge in [-0.2, -0.15) is 0 Å². The van der Waals surface area contributed by atoms with Crippen molar-refractivity contribution in [3.8, 4) is 5.75 Å². The van der Waals surface area contributed by atoms with E-state index >= 15 is 0 Å². The summed E-state index contributed by atoms with van der Waals surface area (Å²) in [5, 5.41) is 0. The van der Waals surface area contributed by atoms with Crippen molar-refractivity contribution in [2.24, 2.45) is 0 Å². The Morgan fingerprint density at radius 1 is 1.21 bits per heavy atom. The zero-order valence-electron chi connectivity index (χ0n) is 17.7. The molecule has 0 bridgehead atoms. The Bertz CT molecular complexity index is 988. The fraction of sp³-hybridized carbons (Fsp3) is 0.522. The monoisotopic (exact) mass is 395 g/mol. The molecule has 1 unspecified atom stereocenters. The average Bonchev–Trinajstić information content (AvgIpc) is 3.05.